The molecule has 0 saturated carbocycles. The Morgan fingerprint density at radius 3 is 1.22 bits per heavy atom. The first-order valence-electron chi connectivity index (χ1n) is 20.5. The number of esters is 2. The SMILES string of the molecule is CCCCCCCCC(CCCC)COC(=O)CCCCCN(CCC)CCCCCC(=O)OCC(CCCC)CCCCCC. The molecule has 5 nitrogen and oxygen atoms in total. The van der Waals surface area contributed by atoms with Crippen LogP contribution in [0.2, 0.25) is 0 Å². The summed E-state index contributed by atoms with van der Waals surface area (Å²) in [6.45, 7) is 15.8. The highest BCUT2D eigenvalue weighted by Crippen LogP contribution is 2.20. The van der Waals surface area contributed by atoms with Gasteiger partial charge in [0.15, 0.2) is 0 Å². The number of carbonyl (C=O) groups is 2. The fraction of sp³-hybridized carbons (Fsp3) is 0.951. The Kier molecular flexibility index (Phi) is 34.4. The number of unbranched alkanes of at least 4 members (excludes halogenated alkanes) is 14. The van der Waals surface area contributed by atoms with Gasteiger partial charge in [0.05, 0.1) is 13.2 Å². The van der Waals surface area contributed by atoms with Crippen LogP contribution in [0.15, 0.2) is 0 Å². The first kappa shape index (κ1) is 44.9. The lowest BCUT2D eigenvalue weighted by Crippen LogP contribution is -2.27. The molecule has 0 bridgehead atoms. The zero-order chi connectivity index (χ0) is 33.9. The van der Waals surface area contributed by atoms with Gasteiger partial charge in [0.25, 0.3) is 0 Å². The number of nitrogens with zero attached hydrogens (tertiary/aromatic N) is 1. The summed E-state index contributed by atoms with van der Waals surface area (Å²) in [6, 6.07) is 0. The number of hydrogen-bond donors (Lipinski definition) is 0. The van der Waals surface area contributed by atoms with Crippen molar-refractivity contribution in [1.29, 1.82) is 0 Å². The van der Waals surface area contributed by atoms with Crippen LogP contribution in [0.4, 0.5) is 0 Å². The standard InChI is InChI=1S/C41H81NO4/c1-6-11-15-17-18-22-30-39(28-14-9-4)37-46-41(44)32-24-20-26-35-42(33-10-5)34-25-19-23-31-40(43)45-36-38(27-13-8-3)29-21-16-12-7-2/h38-39H,6-37H2,1-5H3. The van der Waals surface area contributed by atoms with Gasteiger partial charge in [-0.15, -0.1) is 0 Å². The van der Waals surface area contributed by atoms with Crippen LogP contribution < -0.4 is 0 Å². The van der Waals surface area contributed by atoms with Gasteiger partial charge in [-0.2, -0.15) is 0 Å². The summed E-state index contributed by atoms with van der Waals surface area (Å²) in [5.41, 5.74) is 0. The van der Waals surface area contributed by atoms with Crippen molar-refractivity contribution < 1.29 is 19.1 Å². The number of ether oxygens (including phenoxy) is 2. The molecule has 46 heavy (non-hydrogen) atoms. The maximum Gasteiger partial charge on any atom is 0.305 e. The monoisotopic (exact) mass is 652 g/mol. The molecule has 0 spiro atoms. The van der Waals surface area contributed by atoms with Crippen molar-refractivity contribution in [3.8, 4) is 0 Å². The molecular formula is C41H81NO4. The summed E-state index contributed by atoms with van der Waals surface area (Å²) in [7, 11) is 0. The molecule has 0 saturated heterocycles. The largest absolute Gasteiger partial charge is 0.465 e. The van der Waals surface area contributed by atoms with Gasteiger partial charge in [0, 0.05) is 12.8 Å². The van der Waals surface area contributed by atoms with E-state index in [9.17, 15) is 9.59 Å². The third-order valence-corrected chi connectivity index (χ3v) is 9.57. The van der Waals surface area contributed by atoms with Crippen LogP contribution in [0, 0.1) is 11.8 Å². The summed E-state index contributed by atoms with van der Waals surface area (Å²) in [5.74, 6) is 1.07. The summed E-state index contributed by atoms with van der Waals surface area (Å²) in [5, 5.41) is 0. The third kappa shape index (κ3) is 30.2. The molecule has 5 heteroatoms. The highest BCUT2D eigenvalue weighted by atomic mass is 16.5. The number of carbonyl (C=O) groups excluding carboxylic acids is 2. The first-order chi connectivity index (χ1) is 22.5. The maximum atomic E-state index is 12.4. The molecule has 0 amide bonds. The summed E-state index contributed by atoms with van der Waals surface area (Å²) in [4.78, 5) is 27.4. The molecule has 0 aromatic heterocycles. The lowest BCUT2D eigenvalue weighted by atomic mass is 9.96. The molecule has 0 heterocycles. The fourth-order valence-corrected chi connectivity index (χ4v) is 6.46. The molecule has 0 radical (unpaired) electrons. The molecule has 0 aromatic carbocycles. The lowest BCUT2D eigenvalue weighted by Gasteiger charge is -2.21. The molecule has 0 rings (SSSR count). The molecule has 0 aliphatic heterocycles. The minimum absolute atomic E-state index is 0.00293. The quantitative estimate of drug-likeness (QED) is 0.0498. The van der Waals surface area contributed by atoms with Crippen molar-refractivity contribution in [3.63, 3.8) is 0 Å². The summed E-state index contributed by atoms with van der Waals surface area (Å²) >= 11 is 0. The van der Waals surface area contributed by atoms with Crippen LogP contribution in [-0.4, -0.2) is 49.7 Å². The zero-order valence-corrected chi connectivity index (χ0v) is 31.9. The van der Waals surface area contributed by atoms with E-state index in [-0.39, 0.29) is 11.9 Å². The molecule has 0 N–H and O–H groups in total. The maximum absolute atomic E-state index is 12.4. The van der Waals surface area contributed by atoms with Gasteiger partial charge >= 0.3 is 11.9 Å². The zero-order valence-electron chi connectivity index (χ0n) is 31.9. The average molecular weight is 652 g/mol. The van der Waals surface area contributed by atoms with E-state index in [0.717, 1.165) is 64.6 Å². The van der Waals surface area contributed by atoms with Crippen LogP contribution >= 0.6 is 0 Å². The molecule has 0 fully saturated rings. The molecule has 2 atom stereocenters. The van der Waals surface area contributed by atoms with Crippen LogP contribution in [0.25, 0.3) is 0 Å². The Hall–Kier alpha value is -1.10. The lowest BCUT2D eigenvalue weighted by molar-refractivity contribution is -0.146. The topological polar surface area (TPSA) is 55.8 Å². The van der Waals surface area contributed by atoms with Crippen LogP contribution in [-0.2, 0) is 19.1 Å². The van der Waals surface area contributed by atoms with Gasteiger partial charge in [-0.25, -0.2) is 0 Å². The van der Waals surface area contributed by atoms with Gasteiger partial charge in [-0.3, -0.25) is 9.59 Å². The van der Waals surface area contributed by atoms with Crippen molar-refractivity contribution >= 4 is 11.9 Å². The van der Waals surface area contributed by atoms with Crippen LogP contribution in [0.3, 0.4) is 0 Å². The molecule has 0 aliphatic carbocycles. The Bertz CT molecular complexity index is 654. The highest BCUT2D eigenvalue weighted by Gasteiger charge is 2.14. The van der Waals surface area contributed by atoms with Gasteiger partial charge in [0.1, 0.15) is 0 Å². The second-order valence-corrected chi connectivity index (χ2v) is 14.3. The van der Waals surface area contributed by atoms with E-state index in [1.54, 1.807) is 0 Å². The molecular weight excluding hydrogens is 570 g/mol. The second kappa shape index (κ2) is 35.2. The van der Waals surface area contributed by atoms with E-state index in [4.69, 9.17) is 9.47 Å². The smallest absolute Gasteiger partial charge is 0.305 e. The molecule has 0 aromatic rings. The second-order valence-electron chi connectivity index (χ2n) is 14.3. The first-order valence-corrected chi connectivity index (χ1v) is 20.5. The normalized spacial score (nSPS) is 12.8. The van der Waals surface area contributed by atoms with Gasteiger partial charge in [-0.1, -0.05) is 137 Å². The average Bonchev–Trinajstić information content (AvgIpc) is 3.05. The van der Waals surface area contributed by atoms with Gasteiger partial charge in [0.2, 0.25) is 0 Å². The Balaban J connectivity index is 4.08. The Labute approximate surface area is 288 Å². The molecule has 2 unspecified atom stereocenters. The summed E-state index contributed by atoms with van der Waals surface area (Å²) in [6.07, 6.45) is 31.3. The predicted molar refractivity (Wildman–Crippen MR) is 198 cm³/mol. The van der Waals surface area contributed by atoms with E-state index in [1.807, 2.05) is 0 Å². The number of hydrogen-bond acceptors (Lipinski definition) is 5. The van der Waals surface area contributed by atoms with Gasteiger partial charge < -0.3 is 14.4 Å². The minimum atomic E-state index is -0.00622. The van der Waals surface area contributed by atoms with Crippen molar-refractivity contribution in [2.45, 2.75) is 208 Å². The van der Waals surface area contributed by atoms with Crippen molar-refractivity contribution in [2.75, 3.05) is 32.8 Å². The minimum Gasteiger partial charge on any atom is -0.465 e. The third-order valence-electron chi connectivity index (χ3n) is 9.57. The van der Waals surface area contributed by atoms with E-state index < -0.39 is 0 Å². The number of rotatable bonds is 36. The van der Waals surface area contributed by atoms with E-state index >= 15 is 0 Å². The van der Waals surface area contributed by atoms with Crippen molar-refractivity contribution in [3.05, 3.63) is 0 Å². The summed E-state index contributed by atoms with van der Waals surface area (Å²) < 4.78 is 11.4. The fourth-order valence-electron chi connectivity index (χ4n) is 6.46. The highest BCUT2D eigenvalue weighted by molar-refractivity contribution is 5.69. The van der Waals surface area contributed by atoms with Crippen LogP contribution in [0.5, 0.6) is 0 Å². The van der Waals surface area contributed by atoms with Crippen molar-refractivity contribution in [2.24, 2.45) is 11.8 Å². The van der Waals surface area contributed by atoms with E-state index in [2.05, 4.69) is 39.5 Å². The van der Waals surface area contributed by atoms with E-state index in [0.29, 0.717) is 37.9 Å². The molecule has 274 valence electrons. The van der Waals surface area contributed by atoms with E-state index in [1.165, 1.54) is 116 Å². The Morgan fingerprint density at radius 2 is 0.783 bits per heavy atom. The van der Waals surface area contributed by atoms with Crippen LogP contribution in [0.1, 0.15) is 208 Å². The molecule has 0 aliphatic rings. The van der Waals surface area contributed by atoms with Crippen molar-refractivity contribution in [1.82, 2.24) is 4.90 Å². The Morgan fingerprint density at radius 1 is 0.413 bits per heavy atom. The van der Waals surface area contributed by atoms with Gasteiger partial charge in [-0.05, 0) is 89.3 Å². The predicted octanol–water partition coefficient (Wildman–Crippen LogP) is 12.2.